The molecule has 2 aromatic rings. The minimum Gasteiger partial charge on any atom is -0.454 e. The lowest BCUT2D eigenvalue weighted by Gasteiger charge is -2.09. The van der Waals surface area contributed by atoms with Crippen LogP contribution in [0.4, 0.5) is 0 Å². The van der Waals surface area contributed by atoms with Crippen molar-refractivity contribution in [2.24, 2.45) is 0 Å². The molecule has 0 heterocycles. The molecule has 0 atom stereocenters. The van der Waals surface area contributed by atoms with Gasteiger partial charge in [-0.1, -0.05) is 45.7 Å². The molecule has 0 N–H and O–H groups in total. The molecule has 0 unspecified atom stereocenters. The number of rotatable bonds is 3. The summed E-state index contributed by atoms with van der Waals surface area (Å²) in [5.74, 6) is 1.05. The van der Waals surface area contributed by atoms with Gasteiger partial charge in [0.25, 0.3) is 0 Å². The van der Waals surface area contributed by atoms with Crippen LogP contribution in [0.2, 0.25) is 5.02 Å². The highest BCUT2D eigenvalue weighted by Gasteiger charge is 2.07. The maximum atomic E-state index is 8.98. The summed E-state index contributed by atoms with van der Waals surface area (Å²) in [5, 5.41) is 10.2. The van der Waals surface area contributed by atoms with Crippen molar-refractivity contribution in [2.75, 3.05) is 0 Å². The van der Waals surface area contributed by atoms with Crippen molar-refractivity contribution in [3.8, 4) is 17.6 Å². The number of hydrogen-bond donors (Lipinski definition) is 0. The lowest BCUT2D eigenvalue weighted by molar-refractivity contribution is 0.481. The molecule has 0 bridgehead atoms. The topological polar surface area (TPSA) is 33.0 Å². The van der Waals surface area contributed by atoms with E-state index in [4.69, 9.17) is 21.6 Å². The zero-order chi connectivity index (χ0) is 13.0. The molecule has 0 saturated carbocycles. The van der Waals surface area contributed by atoms with Crippen molar-refractivity contribution in [1.82, 2.24) is 0 Å². The molecular weight excluding hydrogens is 314 g/mol. The number of benzene rings is 2. The highest BCUT2D eigenvalue weighted by molar-refractivity contribution is 9.08. The van der Waals surface area contributed by atoms with Crippen molar-refractivity contribution >= 4 is 27.5 Å². The molecule has 0 aliphatic heterocycles. The van der Waals surface area contributed by atoms with E-state index >= 15 is 0 Å². The monoisotopic (exact) mass is 321 g/mol. The molecule has 0 aliphatic carbocycles. The van der Waals surface area contributed by atoms with Gasteiger partial charge in [-0.2, -0.15) is 5.26 Å². The summed E-state index contributed by atoms with van der Waals surface area (Å²) >= 11 is 9.49. The Morgan fingerprint density at radius 1 is 1.17 bits per heavy atom. The Kier molecular flexibility index (Phi) is 4.24. The van der Waals surface area contributed by atoms with Crippen molar-refractivity contribution in [3.05, 3.63) is 58.6 Å². The molecule has 0 amide bonds. The average molecular weight is 323 g/mol. The van der Waals surface area contributed by atoms with Gasteiger partial charge in [0.1, 0.15) is 17.6 Å². The van der Waals surface area contributed by atoms with Gasteiger partial charge in [0.15, 0.2) is 0 Å². The van der Waals surface area contributed by atoms with Crippen LogP contribution in [0.5, 0.6) is 11.5 Å². The minimum absolute atomic E-state index is 0.484. The first-order chi connectivity index (χ1) is 8.74. The second-order valence-corrected chi connectivity index (χ2v) is 4.58. The summed E-state index contributed by atoms with van der Waals surface area (Å²) in [7, 11) is 0. The van der Waals surface area contributed by atoms with Crippen molar-refractivity contribution in [2.45, 2.75) is 5.33 Å². The van der Waals surface area contributed by atoms with E-state index in [0.29, 0.717) is 22.1 Å². The molecule has 0 aromatic heterocycles. The number of alkyl halides is 1. The van der Waals surface area contributed by atoms with Crippen LogP contribution in [0.15, 0.2) is 42.5 Å². The average Bonchev–Trinajstić information content (AvgIpc) is 2.41. The van der Waals surface area contributed by atoms with Crippen LogP contribution in [-0.4, -0.2) is 0 Å². The van der Waals surface area contributed by atoms with Crippen LogP contribution in [0.25, 0.3) is 0 Å². The third-order valence-corrected chi connectivity index (χ3v) is 3.32. The van der Waals surface area contributed by atoms with E-state index in [1.165, 1.54) is 0 Å². The summed E-state index contributed by atoms with van der Waals surface area (Å²) in [6.45, 7) is 0. The highest BCUT2D eigenvalue weighted by atomic mass is 79.9. The third kappa shape index (κ3) is 2.84. The van der Waals surface area contributed by atoms with Gasteiger partial charge < -0.3 is 4.74 Å². The summed E-state index contributed by atoms with van der Waals surface area (Å²) in [6, 6.07) is 14.7. The van der Waals surface area contributed by atoms with Crippen LogP contribution < -0.4 is 4.74 Å². The molecule has 2 aromatic carbocycles. The number of ether oxygens (including phenoxy) is 1. The number of halogens is 2. The number of hydrogen-bond acceptors (Lipinski definition) is 2. The summed E-state index contributed by atoms with van der Waals surface area (Å²) in [5.41, 5.74) is 1.55. The Bertz CT molecular complexity index is 607. The highest BCUT2D eigenvalue weighted by Crippen LogP contribution is 2.32. The fourth-order valence-electron chi connectivity index (χ4n) is 1.48. The smallest absolute Gasteiger partial charge is 0.146 e. The SMILES string of the molecule is N#Cc1ccccc1Oc1ccc(CBr)cc1Cl. The first-order valence-electron chi connectivity index (χ1n) is 5.26. The number of nitriles is 1. The van der Waals surface area contributed by atoms with Gasteiger partial charge in [-0.05, 0) is 29.8 Å². The molecule has 0 saturated heterocycles. The molecule has 0 aliphatic rings. The first kappa shape index (κ1) is 12.9. The molecule has 18 heavy (non-hydrogen) atoms. The lowest BCUT2D eigenvalue weighted by Crippen LogP contribution is -1.89. The molecule has 0 spiro atoms. The quantitative estimate of drug-likeness (QED) is 0.753. The second-order valence-electron chi connectivity index (χ2n) is 3.61. The molecule has 2 nitrogen and oxygen atoms in total. The predicted octanol–water partition coefficient (Wildman–Crippen LogP) is 4.90. The van der Waals surface area contributed by atoms with E-state index in [0.717, 1.165) is 10.9 Å². The molecular formula is C14H9BrClNO. The van der Waals surface area contributed by atoms with Crippen molar-refractivity contribution < 1.29 is 4.74 Å². The summed E-state index contributed by atoms with van der Waals surface area (Å²) < 4.78 is 5.66. The molecule has 0 fully saturated rings. The largest absolute Gasteiger partial charge is 0.454 e. The van der Waals surface area contributed by atoms with Gasteiger partial charge in [-0.3, -0.25) is 0 Å². The van der Waals surface area contributed by atoms with Gasteiger partial charge in [0, 0.05) is 5.33 Å². The van der Waals surface area contributed by atoms with Gasteiger partial charge in [0.05, 0.1) is 10.6 Å². The normalized spacial score (nSPS) is 9.83. The van der Waals surface area contributed by atoms with Crippen molar-refractivity contribution in [1.29, 1.82) is 5.26 Å². The Morgan fingerprint density at radius 2 is 1.94 bits per heavy atom. The molecule has 2 rings (SSSR count). The van der Waals surface area contributed by atoms with Crippen LogP contribution in [-0.2, 0) is 5.33 Å². The standard InChI is InChI=1S/C14H9BrClNO/c15-8-10-5-6-14(12(16)7-10)18-13-4-2-1-3-11(13)9-17/h1-7H,8H2. The van der Waals surface area contributed by atoms with Gasteiger partial charge >= 0.3 is 0 Å². The zero-order valence-electron chi connectivity index (χ0n) is 9.36. The number of para-hydroxylation sites is 1. The second kappa shape index (κ2) is 5.90. The maximum Gasteiger partial charge on any atom is 0.146 e. The van der Waals surface area contributed by atoms with E-state index in [1.54, 1.807) is 24.3 Å². The maximum absolute atomic E-state index is 8.98. The van der Waals surface area contributed by atoms with E-state index in [-0.39, 0.29) is 0 Å². The number of nitrogens with zero attached hydrogens (tertiary/aromatic N) is 1. The van der Waals surface area contributed by atoms with E-state index in [2.05, 4.69) is 22.0 Å². The van der Waals surface area contributed by atoms with E-state index < -0.39 is 0 Å². The lowest BCUT2D eigenvalue weighted by atomic mass is 10.2. The van der Waals surface area contributed by atoms with Gasteiger partial charge in [0.2, 0.25) is 0 Å². The van der Waals surface area contributed by atoms with Gasteiger partial charge in [-0.15, -0.1) is 0 Å². The Labute approximate surface area is 119 Å². The Morgan fingerprint density at radius 3 is 2.61 bits per heavy atom. The van der Waals surface area contributed by atoms with Crippen LogP contribution in [0, 0.1) is 11.3 Å². The van der Waals surface area contributed by atoms with Crippen molar-refractivity contribution in [3.63, 3.8) is 0 Å². The molecule has 0 radical (unpaired) electrons. The van der Waals surface area contributed by atoms with Crippen LogP contribution in [0.3, 0.4) is 0 Å². The summed E-state index contributed by atoms with van der Waals surface area (Å²) in [4.78, 5) is 0. The summed E-state index contributed by atoms with van der Waals surface area (Å²) in [6.07, 6.45) is 0. The van der Waals surface area contributed by atoms with Gasteiger partial charge in [-0.25, -0.2) is 0 Å². The fourth-order valence-corrected chi connectivity index (χ4v) is 2.07. The van der Waals surface area contributed by atoms with Crippen LogP contribution >= 0.6 is 27.5 Å². The first-order valence-corrected chi connectivity index (χ1v) is 6.76. The zero-order valence-corrected chi connectivity index (χ0v) is 11.7. The molecule has 90 valence electrons. The Balaban J connectivity index is 2.32. The molecule has 4 heteroatoms. The Hall–Kier alpha value is -1.50. The fraction of sp³-hybridized carbons (Fsp3) is 0.0714. The van der Waals surface area contributed by atoms with E-state index in [9.17, 15) is 0 Å². The predicted molar refractivity (Wildman–Crippen MR) is 75.3 cm³/mol. The van der Waals surface area contributed by atoms with Crippen LogP contribution in [0.1, 0.15) is 11.1 Å². The van der Waals surface area contributed by atoms with E-state index in [1.807, 2.05) is 18.2 Å². The third-order valence-electron chi connectivity index (χ3n) is 2.38. The minimum atomic E-state index is 0.484.